The molecule has 2 aromatic carbocycles. The Kier molecular flexibility index (Phi) is 6.85. The third-order valence-corrected chi connectivity index (χ3v) is 4.40. The molecule has 0 spiro atoms. The van der Waals surface area contributed by atoms with E-state index in [2.05, 4.69) is 10.6 Å². The average molecular weight is 379 g/mol. The van der Waals surface area contributed by atoms with Gasteiger partial charge in [-0.05, 0) is 43.2 Å². The van der Waals surface area contributed by atoms with Crippen LogP contribution >= 0.6 is 23.2 Å². The number of rotatable bonds is 6. The number of benzene rings is 2. The van der Waals surface area contributed by atoms with Gasteiger partial charge in [-0.2, -0.15) is 0 Å². The first-order valence-corrected chi connectivity index (χ1v) is 8.72. The molecule has 0 heterocycles. The molecule has 0 aliphatic carbocycles. The second-order valence-electron chi connectivity index (χ2n) is 5.78. The Hall–Kier alpha value is -2.04. The highest BCUT2D eigenvalue weighted by Crippen LogP contribution is 2.26. The Morgan fingerprint density at radius 1 is 1.12 bits per heavy atom. The first kappa shape index (κ1) is 19.3. The molecule has 2 aromatic rings. The van der Waals surface area contributed by atoms with E-state index in [9.17, 15) is 9.59 Å². The summed E-state index contributed by atoms with van der Waals surface area (Å²) in [5.74, 6) is -0.344. The van der Waals surface area contributed by atoms with Crippen molar-refractivity contribution < 1.29 is 9.59 Å². The van der Waals surface area contributed by atoms with E-state index in [4.69, 9.17) is 23.2 Å². The van der Waals surface area contributed by atoms with Gasteiger partial charge in [0, 0.05) is 28.6 Å². The van der Waals surface area contributed by atoms with Gasteiger partial charge in [-0.25, -0.2) is 0 Å². The van der Waals surface area contributed by atoms with E-state index in [1.807, 2.05) is 32.0 Å². The number of nitrogens with one attached hydrogen (secondary N) is 2. The summed E-state index contributed by atoms with van der Waals surface area (Å²) in [6, 6.07) is 12.2. The highest BCUT2D eigenvalue weighted by molar-refractivity contribution is 6.35. The normalized spacial score (nSPS) is 11.7. The van der Waals surface area contributed by atoms with Gasteiger partial charge in [0.1, 0.15) is 0 Å². The SMILES string of the molecule is Cc1ccccc1C(=O)NCCC(=O)N[C@@H](C)c1ccc(Cl)cc1Cl. The number of halogens is 2. The van der Waals surface area contributed by atoms with Gasteiger partial charge >= 0.3 is 0 Å². The Bertz CT molecular complexity index is 778. The molecule has 4 nitrogen and oxygen atoms in total. The van der Waals surface area contributed by atoms with Crippen LogP contribution in [0.1, 0.15) is 40.9 Å². The summed E-state index contributed by atoms with van der Waals surface area (Å²) in [5.41, 5.74) is 2.31. The molecule has 0 saturated heterocycles. The fraction of sp³-hybridized carbons (Fsp3) is 0.263. The summed E-state index contributed by atoms with van der Waals surface area (Å²) in [6.07, 6.45) is 0.188. The lowest BCUT2D eigenvalue weighted by Crippen LogP contribution is -2.32. The van der Waals surface area contributed by atoms with Gasteiger partial charge in [-0.3, -0.25) is 9.59 Å². The maximum atomic E-state index is 12.1. The lowest BCUT2D eigenvalue weighted by Gasteiger charge is -2.16. The topological polar surface area (TPSA) is 58.2 Å². The van der Waals surface area contributed by atoms with Crippen molar-refractivity contribution in [3.05, 3.63) is 69.2 Å². The first-order valence-electron chi connectivity index (χ1n) is 7.96. The predicted molar refractivity (Wildman–Crippen MR) is 101 cm³/mol. The van der Waals surface area contributed by atoms with Crippen molar-refractivity contribution in [2.75, 3.05) is 6.54 Å². The van der Waals surface area contributed by atoms with Crippen molar-refractivity contribution in [2.45, 2.75) is 26.3 Å². The molecule has 0 aliphatic rings. The van der Waals surface area contributed by atoms with E-state index < -0.39 is 0 Å². The lowest BCUT2D eigenvalue weighted by atomic mass is 10.1. The minimum atomic E-state index is -0.246. The Morgan fingerprint density at radius 2 is 1.84 bits per heavy atom. The molecule has 0 aromatic heterocycles. The molecule has 0 unspecified atom stereocenters. The molecule has 2 N–H and O–H groups in total. The molecule has 0 radical (unpaired) electrons. The van der Waals surface area contributed by atoms with Crippen molar-refractivity contribution >= 4 is 35.0 Å². The van der Waals surface area contributed by atoms with Crippen LogP contribution in [0.5, 0.6) is 0 Å². The summed E-state index contributed by atoms with van der Waals surface area (Å²) in [5, 5.41) is 6.68. The van der Waals surface area contributed by atoms with Gasteiger partial charge in [0.15, 0.2) is 0 Å². The highest BCUT2D eigenvalue weighted by atomic mass is 35.5. The lowest BCUT2D eigenvalue weighted by molar-refractivity contribution is -0.121. The predicted octanol–water partition coefficient (Wildman–Crippen LogP) is 4.30. The quantitative estimate of drug-likeness (QED) is 0.786. The zero-order valence-electron chi connectivity index (χ0n) is 14.1. The minimum Gasteiger partial charge on any atom is -0.352 e. The molecule has 6 heteroatoms. The molecular weight excluding hydrogens is 359 g/mol. The van der Waals surface area contributed by atoms with Crippen LogP contribution in [0.4, 0.5) is 0 Å². The van der Waals surface area contributed by atoms with E-state index in [1.165, 1.54) is 0 Å². The molecule has 0 aliphatic heterocycles. The maximum absolute atomic E-state index is 12.1. The number of hydrogen-bond acceptors (Lipinski definition) is 2. The van der Waals surface area contributed by atoms with Crippen molar-refractivity contribution in [2.24, 2.45) is 0 Å². The maximum Gasteiger partial charge on any atom is 0.251 e. The highest BCUT2D eigenvalue weighted by Gasteiger charge is 2.14. The van der Waals surface area contributed by atoms with Crippen LogP contribution in [0.25, 0.3) is 0 Å². The monoisotopic (exact) mass is 378 g/mol. The van der Waals surface area contributed by atoms with E-state index >= 15 is 0 Å². The van der Waals surface area contributed by atoms with Crippen molar-refractivity contribution in [3.63, 3.8) is 0 Å². The van der Waals surface area contributed by atoms with Crippen LogP contribution < -0.4 is 10.6 Å². The molecule has 0 saturated carbocycles. The third kappa shape index (κ3) is 5.48. The third-order valence-electron chi connectivity index (χ3n) is 3.83. The van der Waals surface area contributed by atoms with Crippen LogP contribution in [0.3, 0.4) is 0 Å². The average Bonchev–Trinajstić information content (AvgIpc) is 2.54. The van der Waals surface area contributed by atoms with Crippen LogP contribution in [0.15, 0.2) is 42.5 Å². The van der Waals surface area contributed by atoms with Gasteiger partial charge in [0.05, 0.1) is 6.04 Å². The summed E-state index contributed by atoms with van der Waals surface area (Å²) in [7, 11) is 0. The second-order valence-corrected chi connectivity index (χ2v) is 6.62. The largest absolute Gasteiger partial charge is 0.352 e. The number of carbonyl (C=O) groups is 2. The minimum absolute atomic E-state index is 0.163. The van der Waals surface area contributed by atoms with Crippen LogP contribution in [-0.4, -0.2) is 18.4 Å². The number of amides is 2. The second kappa shape index (κ2) is 8.88. The van der Waals surface area contributed by atoms with Crippen LogP contribution in [0, 0.1) is 6.92 Å². The van der Waals surface area contributed by atoms with Crippen LogP contribution in [0.2, 0.25) is 10.0 Å². The Morgan fingerprint density at radius 3 is 2.52 bits per heavy atom. The van der Waals surface area contributed by atoms with Crippen molar-refractivity contribution in [1.82, 2.24) is 10.6 Å². The molecular formula is C19H20Cl2N2O2. The fourth-order valence-corrected chi connectivity index (χ4v) is 3.03. The zero-order chi connectivity index (χ0) is 18.4. The molecule has 1 atom stereocenters. The summed E-state index contributed by atoms with van der Waals surface area (Å²) in [4.78, 5) is 24.2. The summed E-state index contributed by atoms with van der Waals surface area (Å²) >= 11 is 12.0. The smallest absolute Gasteiger partial charge is 0.251 e. The Balaban J connectivity index is 1.82. The number of carbonyl (C=O) groups excluding carboxylic acids is 2. The van der Waals surface area contributed by atoms with E-state index in [1.54, 1.807) is 24.3 Å². The molecule has 2 rings (SSSR count). The number of aryl methyl sites for hydroxylation is 1. The number of hydrogen-bond donors (Lipinski definition) is 2. The zero-order valence-corrected chi connectivity index (χ0v) is 15.6. The fourth-order valence-electron chi connectivity index (χ4n) is 2.46. The van der Waals surface area contributed by atoms with Gasteiger partial charge in [-0.1, -0.05) is 47.5 Å². The van der Waals surface area contributed by atoms with E-state index in [0.717, 1.165) is 11.1 Å². The van der Waals surface area contributed by atoms with Gasteiger partial charge in [-0.15, -0.1) is 0 Å². The molecule has 25 heavy (non-hydrogen) atoms. The standard InChI is InChI=1S/C19H20Cl2N2O2/c1-12-5-3-4-6-15(12)19(25)22-10-9-18(24)23-13(2)16-8-7-14(20)11-17(16)21/h3-8,11,13H,9-10H2,1-2H3,(H,22,25)(H,23,24)/t13-/m0/s1. The molecule has 2 amide bonds. The van der Waals surface area contributed by atoms with Gasteiger partial charge in [0.2, 0.25) is 5.91 Å². The molecule has 0 bridgehead atoms. The Labute approximate surface area is 157 Å². The van der Waals surface area contributed by atoms with Crippen LogP contribution in [-0.2, 0) is 4.79 Å². The summed E-state index contributed by atoms with van der Waals surface area (Å²) < 4.78 is 0. The summed E-state index contributed by atoms with van der Waals surface area (Å²) in [6.45, 7) is 3.98. The van der Waals surface area contributed by atoms with Gasteiger partial charge in [0.25, 0.3) is 5.91 Å². The van der Waals surface area contributed by atoms with E-state index in [-0.39, 0.29) is 30.8 Å². The van der Waals surface area contributed by atoms with Crippen molar-refractivity contribution in [3.8, 4) is 0 Å². The van der Waals surface area contributed by atoms with E-state index in [0.29, 0.717) is 15.6 Å². The molecule has 132 valence electrons. The van der Waals surface area contributed by atoms with Crippen molar-refractivity contribution in [1.29, 1.82) is 0 Å². The van der Waals surface area contributed by atoms with Gasteiger partial charge < -0.3 is 10.6 Å². The first-order chi connectivity index (χ1) is 11.9. The molecule has 0 fully saturated rings.